The van der Waals surface area contributed by atoms with E-state index in [0.717, 1.165) is 26.7 Å². The molecule has 0 aliphatic rings. The normalized spacial score (nSPS) is 11.0. The van der Waals surface area contributed by atoms with Crippen molar-refractivity contribution < 1.29 is 0 Å². The number of nitrogens with one attached hydrogen (secondary N) is 1. The molecule has 0 unspecified atom stereocenters. The van der Waals surface area contributed by atoms with E-state index in [0.29, 0.717) is 0 Å². The zero-order valence-electron chi connectivity index (χ0n) is 9.61. The number of halogens is 1. The lowest BCUT2D eigenvalue weighted by atomic mass is 10.3. The second-order valence-corrected chi connectivity index (χ2v) is 7.11. The molecule has 0 saturated carbocycles. The van der Waals surface area contributed by atoms with Gasteiger partial charge in [-0.05, 0) is 25.1 Å². The van der Waals surface area contributed by atoms with Gasteiger partial charge in [-0.25, -0.2) is 9.97 Å². The average molecular weight is 340 g/mol. The Balaban J connectivity index is 1.78. The first-order chi connectivity index (χ1) is 8.70. The SMILES string of the molecule is Cc1cnc(CNc2nc3cc(Br)ccc3s2)s1. The molecular weight excluding hydrogens is 330 g/mol. The first-order valence-corrected chi connectivity index (χ1v) is 7.84. The fourth-order valence-electron chi connectivity index (χ4n) is 1.61. The summed E-state index contributed by atoms with van der Waals surface area (Å²) in [6.45, 7) is 2.80. The van der Waals surface area contributed by atoms with Crippen LogP contribution >= 0.6 is 38.6 Å². The minimum absolute atomic E-state index is 0.736. The Morgan fingerprint density at radius 1 is 1.33 bits per heavy atom. The maximum absolute atomic E-state index is 4.55. The Hall–Kier alpha value is -0.980. The molecule has 1 aromatic carbocycles. The summed E-state index contributed by atoms with van der Waals surface area (Å²) < 4.78 is 2.25. The third-order valence-corrected chi connectivity index (χ3v) is 4.81. The molecule has 3 aromatic rings. The summed E-state index contributed by atoms with van der Waals surface area (Å²) >= 11 is 6.83. The lowest BCUT2D eigenvalue weighted by Gasteiger charge is -1.97. The van der Waals surface area contributed by atoms with Crippen molar-refractivity contribution in [1.82, 2.24) is 9.97 Å². The summed E-state index contributed by atoms with van der Waals surface area (Å²) in [5.74, 6) is 0. The second kappa shape index (κ2) is 4.95. The fraction of sp³-hybridized carbons (Fsp3) is 0.167. The van der Waals surface area contributed by atoms with Gasteiger partial charge in [0.2, 0.25) is 0 Å². The zero-order valence-corrected chi connectivity index (χ0v) is 12.8. The van der Waals surface area contributed by atoms with E-state index in [1.165, 1.54) is 9.58 Å². The van der Waals surface area contributed by atoms with E-state index < -0.39 is 0 Å². The van der Waals surface area contributed by atoms with E-state index in [1.807, 2.05) is 18.3 Å². The molecule has 3 rings (SSSR count). The standard InChI is InChI=1S/C12H10BrN3S2/c1-7-5-14-11(17-7)6-15-12-16-9-4-8(13)2-3-10(9)18-12/h2-5H,6H2,1H3,(H,15,16). The number of fused-ring (bicyclic) bond motifs is 1. The molecule has 18 heavy (non-hydrogen) atoms. The van der Waals surface area contributed by atoms with Gasteiger partial charge in [0.25, 0.3) is 0 Å². The van der Waals surface area contributed by atoms with Crippen LogP contribution in [0.15, 0.2) is 28.9 Å². The minimum atomic E-state index is 0.736. The van der Waals surface area contributed by atoms with Gasteiger partial charge in [0.1, 0.15) is 5.01 Å². The highest BCUT2D eigenvalue weighted by Gasteiger charge is 2.05. The average Bonchev–Trinajstić information content (AvgIpc) is 2.92. The van der Waals surface area contributed by atoms with Crippen LogP contribution in [0, 0.1) is 6.92 Å². The number of anilines is 1. The van der Waals surface area contributed by atoms with Gasteiger partial charge in [0, 0.05) is 15.5 Å². The number of hydrogen-bond donors (Lipinski definition) is 1. The third-order valence-electron chi connectivity index (χ3n) is 2.41. The van der Waals surface area contributed by atoms with Crippen LogP contribution in [0.1, 0.15) is 9.88 Å². The quantitative estimate of drug-likeness (QED) is 0.766. The molecule has 2 heterocycles. The predicted octanol–water partition coefficient (Wildman–Crippen LogP) is 4.44. The largest absolute Gasteiger partial charge is 0.355 e. The number of thiazole rings is 2. The van der Waals surface area contributed by atoms with Crippen molar-refractivity contribution >= 4 is 54.0 Å². The molecule has 0 radical (unpaired) electrons. The Kier molecular flexibility index (Phi) is 3.32. The van der Waals surface area contributed by atoms with Crippen LogP contribution in [0.2, 0.25) is 0 Å². The van der Waals surface area contributed by atoms with Gasteiger partial charge in [-0.3, -0.25) is 0 Å². The fourth-order valence-corrected chi connectivity index (χ4v) is 3.53. The van der Waals surface area contributed by atoms with E-state index in [1.54, 1.807) is 22.7 Å². The van der Waals surface area contributed by atoms with Gasteiger partial charge in [-0.2, -0.15) is 0 Å². The van der Waals surface area contributed by atoms with E-state index in [4.69, 9.17) is 0 Å². The van der Waals surface area contributed by atoms with Gasteiger partial charge < -0.3 is 5.32 Å². The van der Waals surface area contributed by atoms with Crippen molar-refractivity contribution in [3.63, 3.8) is 0 Å². The molecule has 0 fully saturated rings. The minimum Gasteiger partial charge on any atom is -0.355 e. The van der Waals surface area contributed by atoms with Gasteiger partial charge in [-0.15, -0.1) is 11.3 Å². The summed E-state index contributed by atoms with van der Waals surface area (Å²) in [5, 5.41) is 5.35. The van der Waals surface area contributed by atoms with Gasteiger partial charge in [-0.1, -0.05) is 27.3 Å². The van der Waals surface area contributed by atoms with Crippen LogP contribution in [0.4, 0.5) is 5.13 Å². The lowest BCUT2D eigenvalue weighted by molar-refractivity contribution is 1.10. The molecule has 0 spiro atoms. The molecule has 0 aliphatic heterocycles. The monoisotopic (exact) mass is 339 g/mol. The molecule has 0 amide bonds. The maximum Gasteiger partial charge on any atom is 0.184 e. The van der Waals surface area contributed by atoms with Crippen LogP contribution in [0.25, 0.3) is 10.2 Å². The molecule has 0 bridgehead atoms. The first kappa shape index (κ1) is 12.1. The van der Waals surface area contributed by atoms with Crippen molar-refractivity contribution in [3.05, 3.63) is 38.8 Å². The summed E-state index contributed by atoms with van der Waals surface area (Å²) in [6, 6.07) is 6.15. The summed E-state index contributed by atoms with van der Waals surface area (Å²) in [5.41, 5.74) is 1.02. The summed E-state index contributed by atoms with van der Waals surface area (Å²) in [6.07, 6.45) is 1.90. The van der Waals surface area contributed by atoms with Crippen molar-refractivity contribution in [2.24, 2.45) is 0 Å². The van der Waals surface area contributed by atoms with Crippen LogP contribution in [-0.2, 0) is 6.54 Å². The molecule has 0 aliphatic carbocycles. The Bertz CT molecular complexity index is 690. The number of nitrogens with zero attached hydrogens (tertiary/aromatic N) is 2. The molecule has 3 nitrogen and oxygen atoms in total. The second-order valence-electron chi connectivity index (χ2n) is 3.85. The number of hydrogen-bond acceptors (Lipinski definition) is 5. The van der Waals surface area contributed by atoms with Crippen LogP contribution < -0.4 is 5.32 Å². The van der Waals surface area contributed by atoms with Crippen molar-refractivity contribution in [3.8, 4) is 0 Å². The molecule has 0 atom stereocenters. The van der Waals surface area contributed by atoms with E-state index >= 15 is 0 Å². The van der Waals surface area contributed by atoms with Crippen LogP contribution in [-0.4, -0.2) is 9.97 Å². The molecule has 2 aromatic heterocycles. The lowest BCUT2D eigenvalue weighted by Crippen LogP contribution is -1.97. The van der Waals surface area contributed by atoms with Gasteiger partial charge in [0.05, 0.1) is 16.8 Å². The topological polar surface area (TPSA) is 37.8 Å². The third kappa shape index (κ3) is 2.55. The maximum atomic E-state index is 4.55. The smallest absolute Gasteiger partial charge is 0.184 e. The number of benzene rings is 1. The summed E-state index contributed by atoms with van der Waals surface area (Å²) in [4.78, 5) is 10.1. The van der Waals surface area contributed by atoms with Crippen LogP contribution in [0.5, 0.6) is 0 Å². The van der Waals surface area contributed by atoms with Crippen molar-refractivity contribution in [2.75, 3.05) is 5.32 Å². The Morgan fingerprint density at radius 3 is 3.00 bits per heavy atom. The van der Waals surface area contributed by atoms with Crippen LogP contribution in [0.3, 0.4) is 0 Å². The molecule has 6 heteroatoms. The Morgan fingerprint density at radius 2 is 2.22 bits per heavy atom. The van der Waals surface area contributed by atoms with E-state index in [-0.39, 0.29) is 0 Å². The van der Waals surface area contributed by atoms with E-state index in [2.05, 4.69) is 44.2 Å². The molecular formula is C12H10BrN3S2. The Labute approximate surface area is 121 Å². The highest BCUT2D eigenvalue weighted by molar-refractivity contribution is 9.10. The summed E-state index contributed by atoms with van der Waals surface area (Å²) in [7, 11) is 0. The molecule has 92 valence electrons. The van der Waals surface area contributed by atoms with Gasteiger partial charge in [0.15, 0.2) is 5.13 Å². The van der Waals surface area contributed by atoms with Crippen molar-refractivity contribution in [1.29, 1.82) is 0 Å². The van der Waals surface area contributed by atoms with Gasteiger partial charge >= 0.3 is 0 Å². The molecule has 1 N–H and O–H groups in total. The highest BCUT2D eigenvalue weighted by Crippen LogP contribution is 2.28. The molecule has 0 saturated heterocycles. The van der Waals surface area contributed by atoms with Crippen molar-refractivity contribution in [2.45, 2.75) is 13.5 Å². The number of aromatic nitrogens is 2. The predicted molar refractivity (Wildman–Crippen MR) is 81.5 cm³/mol. The number of rotatable bonds is 3. The zero-order chi connectivity index (χ0) is 12.5. The number of aryl methyl sites for hydroxylation is 1. The highest BCUT2D eigenvalue weighted by atomic mass is 79.9. The van der Waals surface area contributed by atoms with E-state index in [9.17, 15) is 0 Å². The first-order valence-electron chi connectivity index (χ1n) is 5.42.